The van der Waals surface area contributed by atoms with Crippen molar-refractivity contribution >= 4 is 11.9 Å². The van der Waals surface area contributed by atoms with Gasteiger partial charge in [0.25, 0.3) is 0 Å². The molecule has 2 atom stereocenters. The van der Waals surface area contributed by atoms with Gasteiger partial charge in [0.15, 0.2) is 11.5 Å². The first-order valence-corrected chi connectivity index (χ1v) is 5.99. The summed E-state index contributed by atoms with van der Waals surface area (Å²) in [6.07, 6.45) is 5.38. The third-order valence-corrected chi connectivity index (χ3v) is 3.18. The van der Waals surface area contributed by atoms with Crippen molar-refractivity contribution in [2.24, 2.45) is 10.7 Å². The Labute approximate surface area is 116 Å². The lowest BCUT2D eigenvalue weighted by molar-refractivity contribution is 0.199. The molecule has 0 spiro atoms. The number of hydrogen-bond acceptors (Lipinski definition) is 4. The predicted octanol–water partition coefficient (Wildman–Crippen LogP) is 1.26. The van der Waals surface area contributed by atoms with Crippen molar-refractivity contribution in [3.8, 4) is 23.8 Å². The number of nitrogens with zero attached hydrogens (tertiary/aromatic N) is 2. The first-order valence-electron chi connectivity index (χ1n) is 5.99. The molecular formula is C14H15N3O3. The Kier molecular flexibility index (Phi) is 3.53. The number of nitrogens with two attached hydrogens (primary N) is 1. The van der Waals surface area contributed by atoms with Crippen LogP contribution in [-0.4, -0.2) is 35.0 Å². The summed E-state index contributed by atoms with van der Waals surface area (Å²) in [5, 5.41) is 9.62. The van der Waals surface area contributed by atoms with Crippen LogP contribution in [0.4, 0.5) is 4.79 Å². The SMILES string of the molecule is C#CC(C)N1C(=O)N=C(N)C1c1ccc(O)c(OC)c1. The van der Waals surface area contributed by atoms with Crippen LogP contribution >= 0.6 is 0 Å². The third-order valence-electron chi connectivity index (χ3n) is 3.18. The average Bonchev–Trinajstić information content (AvgIpc) is 2.73. The summed E-state index contributed by atoms with van der Waals surface area (Å²) < 4.78 is 5.05. The van der Waals surface area contributed by atoms with Crippen molar-refractivity contribution < 1.29 is 14.6 Å². The second-order valence-electron chi connectivity index (χ2n) is 4.40. The number of terminal acetylenes is 1. The molecule has 0 aliphatic carbocycles. The number of hydrogen-bond donors (Lipinski definition) is 2. The maximum Gasteiger partial charge on any atom is 0.347 e. The highest BCUT2D eigenvalue weighted by molar-refractivity contribution is 6.03. The predicted molar refractivity (Wildman–Crippen MR) is 74.6 cm³/mol. The van der Waals surface area contributed by atoms with E-state index in [0.29, 0.717) is 11.3 Å². The molecule has 1 aliphatic heterocycles. The Bertz CT molecular complexity index is 619. The first kappa shape index (κ1) is 13.7. The van der Waals surface area contributed by atoms with E-state index in [-0.39, 0.29) is 11.6 Å². The number of phenols is 1. The third kappa shape index (κ3) is 2.14. The van der Waals surface area contributed by atoms with E-state index < -0.39 is 18.1 Å². The van der Waals surface area contributed by atoms with Gasteiger partial charge in [0.2, 0.25) is 0 Å². The number of aliphatic imine (C=N–C) groups is 1. The summed E-state index contributed by atoms with van der Waals surface area (Å²) >= 11 is 0. The molecule has 0 saturated carbocycles. The molecule has 2 unspecified atom stereocenters. The second kappa shape index (κ2) is 5.13. The molecule has 1 aromatic carbocycles. The van der Waals surface area contributed by atoms with Crippen LogP contribution in [0.2, 0.25) is 0 Å². The van der Waals surface area contributed by atoms with E-state index in [1.165, 1.54) is 18.1 Å². The van der Waals surface area contributed by atoms with Gasteiger partial charge in [0.05, 0.1) is 13.2 Å². The first-order chi connectivity index (χ1) is 9.49. The zero-order valence-corrected chi connectivity index (χ0v) is 11.2. The molecular weight excluding hydrogens is 258 g/mol. The summed E-state index contributed by atoms with van der Waals surface area (Å²) in [5.41, 5.74) is 6.50. The number of amidine groups is 1. The van der Waals surface area contributed by atoms with E-state index in [1.54, 1.807) is 19.1 Å². The number of rotatable bonds is 3. The van der Waals surface area contributed by atoms with Crippen LogP contribution in [0.15, 0.2) is 23.2 Å². The number of amides is 2. The number of aromatic hydroxyl groups is 1. The molecule has 0 bridgehead atoms. The summed E-state index contributed by atoms with van der Waals surface area (Å²) in [5.74, 6) is 2.97. The number of urea groups is 1. The van der Waals surface area contributed by atoms with Crippen LogP contribution in [0.1, 0.15) is 18.5 Å². The van der Waals surface area contributed by atoms with Crippen LogP contribution in [0.5, 0.6) is 11.5 Å². The molecule has 20 heavy (non-hydrogen) atoms. The van der Waals surface area contributed by atoms with Gasteiger partial charge in [-0.2, -0.15) is 4.99 Å². The van der Waals surface area contributed by atoms with Crippen LogP contribution in [0.3, 0.4) is 0 Å². The zero-order valence-electron chi connectivity index (χ0n) is 11.2. The summed E-state index contributed by atoms with van der Waals surface area (Å²) in [6.45, 7) is 1.72. The van der Waals surface area contributed by atoms with Crippen molar-refractivity contribution in [2.45, 2.75) is 19.0 Å². The summed E-state index contributed by atoms with van der Waals surface area (Å²) in [6, 6.07) is 3.27. The maximum absolute atomic E-state index is 11.9. The molecule has 6 nitrogen and oxygen atoms in total. The molecule has 6 heteroatoms. The number of benzene rings is 1. The zero-order chi connectivity index (χ0) is 14.9. The topological polar surface area (TPSA) is 88.2 Å². The van der Waals surface area contributed by atoms with E-state index in [0.717, 1.165) is 0 Å². The van der Waals surface area contributed by atoms with Gasteiger partial charge < -0.3 is 15.6 Å². The number of carbonyl (C=O) groups is 1. The van der Waals surface area contributed by atoms with Crippen molar-refractivity contribution in [1.82, 2.24) is 4.90 Å². The summed E-state index contributed by atoms with van der Waals surface area (Å²) in [7, 11) is 1.44. The van der Waals surface area contributed by atoms with Gasteiger partial charge in [-0.05, 0) is 24.6 Å². The number of phenolic OH excluding ortho intramolecular Hbond substituents is 1. The number of methoxy groups -OCH3 is 1. The van der Waals surface area contributed by atoms with E-state index in [2.05, 4.69) is 10.9 Å². The van der Waals surface area contributed by atoms with Gasteiger partial charge >= 0.3 is 6.03 Å². The molecule has 3 N–H and O–H groups in total. The number of ether oxygens (including phenoxy) is 1. The highest BCUT2D eigenvalue weighted by Gasteiger charge is 2.37. The smallest absolute Gasteiger partial charge is 0.347 e. The van der Waals surface area contributed by atoms with E-state index in [9.17, 15) is 9.90 Å². The fourth-order valence-electron chi connectivity index (χ4n) is 2.15. The van der Waals surface area contributed by atoms with Gasteiger partial charge in [-0.1, -0.05) is 12.0 Å². The standard InChI is InChI=1S/C14H15N3O3/c1-4-8(2)17-12(13(15)16-14(17)19)9-5-6-10(18)11(7-9)20-3/h1,5-8,12,18H,2-3H3,(H2,15,16,19). The minimum atomic E-state index is -0.553. The largest absolute Gasteiger partial charge is 0.504 e. The van der Waals surface area contributed by atoms with Gasteiger partial charge in [-0.25, -0.2) is 4.79 Å². The van der Waals surface area contributed by atoms with Gasteiger partial charge in [0.1, 0.15) is 11.9 Å². The van der Waals surface area contributed by atoms with Crippen molar-refractivity contribution in [1.29, 1.82) is 0 Å². The fourth-order valence-corrected chi connectivity index (χ4v) is 2.15. The Morgan fingerprint density at radius 1 is 1.60 bits per heavy atom. The van der Waals surface area contributed by atoms with Crippen LogP contribution in [0, 0.1) is 12.3 Å². The van der Waals surface area contributed by atoms with Crippen molar-refractivity contribution in [3.63, 3.8) is 0 Å². The minimum Gasteiger partial charge on any atom is -0.504 e. The molecule has 0 saturated heterocycles. The lowest BCUT2D eigenvalue weighted by Crippen LogP contribution is -2.38. The normalized spacial score (nSPS) is 19.4. The van der Waals surface area contributed by atoms with Crippen LogP contribution < -0.4 is 10.5 Å². The van der Waals surface area contributed by atoms with Crippen LogP contribution in [-0.2, 0) is 0 Å². The molecule has 1 aromatic rings. The Balaban J connectivity index is 2.46. The maximum atomic E-state index is 11.9. The Morgan fingerprint density at radius 3 is 2.90 bits per heavy atom. The molecule has 104 valence electrons. The highest BCUT2D eigenvalue weighted by atomic mass is 16.5. The lowest BCUT2D eigenvalue weighted by Gasteiger charge is -2.27. The van der Waals surface area contributed by atoms with Gasteiger partial charge in [-0.15, -0.1) is 6.42 Å². The molecule has 0 radical (unpaired) electrons. The monoisotopic (exact) mass is 273 g/mol. The average molecular weight is 273 g/mol. The van der Waals surface area contributed by atoms with Crippen molar-refractivity contribution in [3.05, 3.63) is 23.8 Å². The van der Waals surface area contributed by atoms with Crippen LogP contribution in [0.25, 0.3) is 0 Å². The van der Waals surface area contributed by atoms with E-state index in [1.807, 2.05) is 0 Å². The number of carbonyl (C=O) groups excluding carboxylic acids is 1. The van der Waals surface area contributed by atoms with Crippen molar-refractivity contribution in [2.75, 3.05) is 7.11 Å². The molecule has 1 aliphatic rings. The van der Waals surface area contributed by atoms with Gasteiger partial charge in [0, 0.05) is 0 Å². The fraction of sp³-hybridized carbons (Fsp3) is 0.286. The molecule has 0 fully saturated rings. The second-order valence-corrected chi connectivity index (χ2v) is 4.40. The van der Waals surface area contributed by atoms with Gasteiger partial charge in [-0.3, -0.25) is 4.90 Å². The molecule has 2 rings (SSSR count). The lowest BCUT2D eigenvalue weighted by atomic mass is 10.0. The quantitative estimate of drug-likeness (QED) is 0.811. The van der Waals surface area contributed by atoms with E-state index in [4.69, 9.17) is 16.9 Å². The Morgan fingerprint density at radius 2 is 2.30 bits per heavy atom. The van der Waals surface area contributed by atoms with E-state index >= 15 is 0 Å². The summed E-state index contributed by atoms with van der Waals surface area (Å²) in [4.78, 5) is 17.0. The molecule has 0 aromatic heterocycles. The minimum absolute atomic E-state index is 0.00707. The molecule has 2 amide bonds. The Hall–Kier alpha value is -2.68. The highest BCUT2D eigenvalue weighted by Crippen LogP contribution is 2.34. The molecule has 1 heterocycles.